The molecule has 0 bridgehead atoms. The van der Waals surface area contributed by atoms with Gasteiger partial charge < -0.3 is 0 Å². The standard InChI is InChI=1S/C20H33ClS/c1-3-4-5-6-7-8-9-10-11-12-13-19-14-16-20(17-15-19)18(2)22-21/h14-18H,3-13H2,1-2H3. The van der Waals surface area contributed by atoms with Gasteiger partial charge in [-0.1, -0.05) is 89.0 Å². The SMILES string of the molecule is CCCCCCCCCCCCc1ccc(C(C)SCl)cc1. The van der Waals surface area contributed by atoms with Crippen molar-refractivity contribution in [3.05, 3.63) is 35.4 Å². The van der Waals surface area contributed by atoms with E-state index in [4.69, 9.17) is 10.7 Å². The molecule has 0 spiro atoms. The molecule has 1 unspecified atom stereocenters. The molecular formula is C20H33ClS. The van der Waals surface area contributed by atoms with E-state index < -0.39 is 0 Å². The zero-order chi connectivity index (χ0) is 16.0. The summed E-state index contributed by atoms with van der Waals surface area (Å²) in [5.41, 5.74) is 2.79. The van der Waals surface area contributed by atoms with Gasteiger partial charge in [0.2, 0.25) is 0 Å². The quantitative estimate of drug-likeness (QED) is 0.327. The fourth-order valence-electron chi connectivity index (χ4n) is 2.82. The molecule has 0 fully saturated rings. The predicted octanol–water partition coefficient (Wildman–Crippen LogP) is 8.10. The molecule has 1 atom stereocenters. The Kier molecular flexibility index (Phi) is 12.0. The van der Waals surface area contributed by atoms with Gasteiger partial charge in [0, 0.05) is 5.25 Å². The van der Waals surface area contributed by atoms with Crippen molar-refractivity contribution in [2.45, 2.75) is 89.7 Å². The van der Waals surface area contributed by atoms with E-state index in [9.17, 15) is 0 Å². The van der Waals surface area contributed by atoms with Crippen molar-refractivity contribution in [1.29, 1.82) is 0 Å². The van der Waals surface area contributed by atoms with E-state index in [1.165, 1.54) is 92.7 Å². The number of benzene rings is 1. The summed E-state index contributed by atoms with van der Waals surface area (Å²) in [6, 6.07) is 9.00. The Morgan fingerprint density at radius 2 is 1.32 bits per heavy atom. The lowest BCUT2D eigenvalue weighted by Crippen LogP contribution is -1.90. The molecule has 0 aliphatic heterocycles. The van der Waals surface area contributed by atoms with E-state index >= 15 is 0 Å². The number of unbranched alkanes of at least 4 members (excludes halogenated alkanes) is 9. The maximum absolute atomic E-state index is 5.82. The normalized spacial score (nSPS) is 12.5. The van der Waals surface area contributed by atoms with Gasteiger partial charge in [0.05, 0.1) is 0 Å². The largest absolute Gasteiger partial charge is 0.0654 e. The minimum absolute atomic E-state index is 0.382. The average molecular weight is 341 g/mol. The molecule has 126 valence electrons. The highest BCUT2D eigenvalue weighted by atomic mass is 35.7. The van der Waals surface area contributed by atoms with Gasteiger partial charge in [-0.3, -0.25) is 0 Å². The molecule has 0 N–H and O–H groups in total. The van der Waals surface area contributed by atoms with Crippen LogP contribution in [-0.2, 0) is 6.42 Å². The van der Waals surface area contributed by atoms with Crippen LogP contribution < -0.4 is 0 Å². The van der Waals surface area contributed by atoms with Crippen molar-refractivity contribution < 1.29 is 0 Å². The second-order valence-electron chi connectivity index (χ2n) is 6.40. The van der Waals surface area contributed by atoms with E-state index in [2.05, 4.69) is 38.1 Å². The minimum atomic E-state index is 0.382. The maximum atomic E-state index is 5.82. The van der Waals surface area contributed by atoms with Crippen LogP contribution in [-0.4, -0.2) is 0 Å². The van der Waals surface area contributed by atoms with Gasteiger partial charge in [0.1, 0.15) is 0 Å². The lowest BCUT2D eigenvalue weighted by molar-refractivity contribution is 0.556. The summed E-state index contributed by atoms with van der Waals surface area (Å²) in [5.74, 6) is 0. The summed E-state index contributed by atoms with van der Waals surface area (Å²) in [6.07, 6.45) is 15.3. The van der Waals surface area contributed by atoms with Crippen LogP contribution in [0.3, 0.4) is 0 Å². The Morgan fingerprint density at radius 1 is 0.818 bits per heavy atom. The van der Waals surface area contributed by atoms with Gasteiger partial charge in [-0.15, -0.1) is 0 Å². The topological polar surface area (TPSA) is 0 Å². The van der Waals surface area contributed by atoms with Crippen LogP contribution in [0.25, 0.3) is 0 Å². The predicted molar refractivity (Wildman–Crippen MR) is 104 cm³/mol. The van der Waals surface area contributed by atoms with E-state index in [1.54, 1.807) is 0 Å². The van der Waals surface area contributed by atoms with E-state index in [0.717, 1.165) is 0 Å². The minimum Gasteiger partial charge on any atom is -0.0654 e. The van der Waals surface area contributed by atoms with Gasteiger partial charge in [0.25, 0.3) is 0 Å². The van der Waals surface area contributed by atoms with Gasteiger partial charge in [-0.25, -0.2) is 0 Å². The Bertz CT molecular complexity index is 360. The van der Waals surface area contributed by atoms with Crippen molar-refractivity contribution in [3.8, 4) is 0 Å². The van der Waals surface area contributed by atoms with Crippen molar-refractivity contribution >= 4 is 21.7 Å². The summed E-state index contributed by atoms with van der Waals surface area (Å²) < 4.78 is 0. The molecule has 1 aromatic carbocycles. The number of hydrogen-bond acceptors (Lipinski definition) is 1. The van der Waals surface area contributed by atoms with Crippen LogP contribution in [0.15, 0.2) is 24.3 Å². The highest BCUT2D eigenvalue weighted by molar-refractivity contribution is 8.21. The summed E-state index contributed by atoms with van der Waals surface area (Å²) in [5, 5.41) is 0.382. The first-order valence-corrected chi connectivity index (χ1v) is 10.8. The van der Waals surface area contributed by atoms with Crippen LogP contribution >= 0.6 is 21.7 Å². The zero-order valence-corrected chi connectivity index (χ0v) is 16.0. The van der Waals surface area contributed by atoms with Gasteiger partial charge in [-0.2, -0.15) is 0 Å². The molecule has 0 aliphatic carbocycles. The van der Waals surface area contributed by atoms with Crippen molar-refractivity contribution in [3.63, 3.8) is 0 Å². The van der Waals surface area contributed by atoms with Crippen LogP contribution in [0.5, 0.6) is 0 Å². The Balaban J connectivity index is 2.00. The molecule has 1 aromatic rings. The molecule has 1 rings (SSSR count). The third-order valence-corrected chi connectivity index (χ3v) is 5.74. The summed E-state index contributed by atoms with van der Waals surface area (Å²) in [4.78, 5) is 0. The van der Waals surface area contributed by atoms with Crippen molar-refractivity contribution in [2.24, 2.45) is 0 Å². The third-order valence-electron chi connectivity index (χ3n) is 4.40. The highest BCUT2D eigenvalue weighted by Crippen LogP contribution is 2.31. The fraction of sp³-hybridized carbons (Fsp3) is 0.700. The number of rotatable bonds is 13. The molecule has 0 heterocycles. The highest BCUT2D eigenvalue weighted by Gasteiger charge is 2.04. The summed E-state index contributed by atoms with van der Waals surface area (Å²) in [7, 11) is 7.21. The molecule has 0 saturated heterocycles. The van der Waals surface area contributed by atoms with Gasteiger partial charge in [0.15, 0.2) is 0 Å². The Labute approximate surface area is 146 Å². The molecule has 0 aliphatic rings. The molecule has 0 aromatic heterocycles. The average Bonchev–Trinajstić information content (AvgIpc) is 2.56. The first kappa shape index (κ1) is 19.9. The summed E-state index contributed by atoms with van der Waals surface area (Å²) >= 11 is 0. The second-order valence-corrected chi connectivity index (χ2v) is 7.82. The Morgan fingerprint density at radius 3 is 1.82 bits per heavy atom. The third kappa shape index (κ3) is 9.10. The number of hydrogen-bond donors (Lipinski definition) is 0. The monoisotopic (exact) mass is 340 g/mol. The van der Waals surface area contributed by atoms with Crippen LogP contribution in [0.4, 0.5) is 0 Å². The van der Waals surface area contributed by atoms with Gasteiger partial charge >= 0.3 is 0 Å². The van der Waals surface area contributed by atoms with Crippen LogP contribution in [0.1, 0.15) is 94.4 Å². The Hall–Kier alpha value is -0.140. The molecule has 0 saturated carbocycles. The second kappa shape index (κ2) is 13.3. The van der Waals surface area contributed by atoms with Crippen molar-refractivity contribution in [1.82, 2.24) is 0 Å². The van der Waals surface area contributed by atoms with E-state index in [1.807, 2.05) is 0 Å². The smallest absolute Gasteiger partial charge is 0.0420 e. The van der Waals surface area contributed by atoms with Crippen LogP contribution in [0.2, 0.25) is 0 Å². The maximum Gasteiger partial charge on any atom is 0.0420 e. The first-order chi connectivity index (χ1) is 10.8. The lowest BCUT2D eigenvalue weighted by atomic mass is 10.0. The van der Waals surface area contributed by atoms with Crippen molar-refractivity contribution in [2.75, 3.05) is 0 Å². The number of aryl methyl sites for hydroxylation is 1. The molecule has 0 radical (unpaired) electrons. The summed E-state index contributed by atoms with van der Waals surface area (Å²) in [6.45, 7) is 4.43. The van der Waals surface area contributed by atoms with Gasteiger partial charge in [-0.05, 0) is 52.6 Å². The fourth-order valence-corrected chi connectivity index (χ4v) is 3.39. The first-order valence-electron chi connectivity index (χ1n) is 9.14. The molecular weight excluding hydrogens is 308 g/mol. The van der Waals surface area contributed by atoms with E-state index in [-0.39, 0.29) is 0 Å². The number of halogens is 1. The molecule has 2 heteroatoms. The van der Waals surface area contributed by atoms with E-state index in [0.29, 0.717) is 5.25 Å². The van der Waals surface area contributed by atoms with Crippen LogP contribution in [0, 0.1) is 0 Å². The lowest BCUT2D eigenvalue weighted by Gasteiger charge is -2.08. The zero-order valence-electron chi connectivity index (χ0n) is 14.5. The molecule has 22 heavy (non-hydrogen) atoms. The molecule has 0 nitrogen and oxygen atoms in total. The molecule has 0 amide bonds.